The minimum atomic E-state index is -0.0449. The number of amides is 1. The van der Waals surface area contributed by atoms with Crippen molar-refractivity contribution in [3.05, 3.63) is 53.4 Å². The average molecular weight is 403 g/mol. The number of hydrogen-bond acceptors (Lipinski definition) is 6. The fourth-order valence-electron chi connectivity index (χ4n) is 2.63. The second kappa shape index (κ2) is 9.68. The van der Waals surface area contributed by atoms with Crippen LogP contribution in [-0.2, 0) is 16.1 Å². The highest BCUT2D eigenvalue weighted by Gasteiger charge is 2.17. The topological polar surface area (TPSA) is 69.0 Å². The maximum atomic E-state index is 12.2. The van der Waals surface area contributed by atoms with Gasteiger partial charge in [0.1, 0.15) is 0 Å². The van der Waals surface area contributed by atoms with E-state index >= 15 is 0 Å². The van der Waals surface area contributed by atoms with Crippen molar-refractivity contribution in [1.29, 1.82) is 0 Å². The lowest BCUT2D eigenvalue weighted by Gasteiger charge is -2.13. The van der Waals surface area contributed by atoms with E-state index in [1.165, 1.54) is 11.8 Å². The van der Waals surface area contributed by atoms with E-state index in [4.69, 9.17) is 4.74 Å². The normalized spacial score (nSPS) is 12.1. The number of benzene rings is 1. The molecule has 6 nitrogen and oxygen atoms in total. The average Bonchev–Trinajstić information content (AvgIpc) is 3.31. The van der Waals surface area contributed by atoms with E-state index in [-0.39, 0.29) is 17.7 Å². The van der Waals surface area contributed by atoms with Crippen molar-refractivity contribution >= 4 is 29.0 Å². The standard InChI is InChI=1S/C19H22N4O2S2/c1-14(12-25-2)20-17(24)13-27-19-22-21-18(16-9-6-10-26-16)23(19)11-15-7-4-3-5-8-15/h3-10,14H,11-13H2,1-2H3,(H,20,24). The van der Waals surface area contributed by atoms with Crippen LogP contribution in [0.2, 0.25) is 0 Å². The molecule has 0 aliphatic rings. The van der Waals surface area contributed by atoms with Gasteiger partial charge in [-0.15, -0.1) is 21.5 Å². The van der Waals surface area contributed by atoms with E-state index in [9.17, 15) is 4.79 Å². The fourth-order valence-corrected chi connectivity index (χ4v) is 4.10. The Hall–Kier alpha value is -2.16. The third-order valence-electron chi connectivity index (χ3n) is 3.80. The molecule has 1 aromatic carbocycles. The van der Waals surface area contributed by atoms with E-state index in [0.717, 1.165) is 21.4 Å². The van der Waals surface area contributed by atoms with Gasteiger partial charge in [0, 0.05) is 13.2 Å². The molecule has 8 heteroatoms. The monoisotopic (exact) mass is 402 g/mol. The van der Waals surface area contributed by atoms with Crippen molar-refractivity contribution in [2.45, 2.75) is 24.7 Å². The summed E-state index contributed by atoms with van der Waals surface area (Å²) in [6.45, 7) is 3.06. The van der Waals surface area contributed by atoms with Crippen molar-refractivity contribution in [1.82, 2.24) is 20.1 Å². The van der Waals surface area contributed by atoms with Crippen LogP contribution in [0.15, 0.2) is 53.0 Å². The molecule has 0 aliphatic heterocycles. The fraction of sp³-hybridized carbons (Fsp3) is 0.316. The highest BCUT2D eigenvalue weighted by Crippen LogP contribution is 2.28. The van der Waals surface area contributed by atoms with Gasteiger partial charge in [0.15, 0.2) is 11.0 Å². The van der Waals surface area contributed by atoms with Crippen LogP contribution in [0.25, 0.3) is 10.7 Å². The Kier molecular flexibility index (Phi) is 7.03. The number of nitrogens with one attached hydrogen (secondary N) is 1. The molecule has 1 amide bonds. The number of thiophene rings is 1. The summed E-state index contributed by atoms with van der Waals surface area (Å²) in [5.41, 5.74) is 1.16. The molecule has 2 heterocycles. The molecular weight excluding hydrogens is 380 g/mol. The number of carbonyl (C=O) groups is 1. The van der Waals surface area contributed by atoms with Crippen molar-refractivity contribution in [3.8, 4) is 10.7 Å². The van der Waals surface area contributed by atoms with Gasteiger partial charge in [-0.2, -0.15) is 0 Å². The number of thioether (sulfide) groups is 1. The molecule has 0 fully saturated rings. The third-order valence-corrected chi connectivity index (χ3v) is 5.63. The second-order valence-electron chi connectivity index (χ2n) is 6.07. The van der Waals surface area contributed by atoms with E-state index in [1.54, 1.807) is 18.4 Å². The molecule has 3 rings (SSSR count). The molecule has 0 aliphatic carbocycles. The number of hydrogen-bond donors (Lipinski definition) is 1. The molecule has 2 aromatic heterocycles. The molecule has 27 heavy (non-hydrogen) atoms. The Balaban J connectivity index is 1.75. The van der Waals surface area contributed by atoms with Crippen LogP contribution < -0.4 is 5.32 Å². The molecule has 1 unspecified atom stereocenters. The molecule has 0 saturated carbocycles. The van der Waals surface area contributed by atoms with Crippen LogP contribution in [-0.4, -0.2) is 46.2 Å². The SMILES string of the molecule is COCC(C)NC(=O)CSc1nnc(-c2cccs2)n1Cc1ccccc1. The smallest absolute Gasteiger partial charge is 0.230 e. The third kappa shape index (κ3) is 5.41. The van der Waals surface area contributed by atoms with Crippen LogP contribution in [0.5, 0.6) is 0 Å². The quantitative estimate of drug-likeness (QED) is 0.556. The summed E-state index contributed by atoms with van der Waals surface area (Å²) in [6.07, 6.45) is 0. The van der Waals surface area contributed by atoms with E-state index in [1.807, 2.05) is 42.6 Å². The first-order chi connectivity index (χ1) is 13.2. The van der Waals surface area contributed by atoms with Crippen LogP contribution in [0.3, 0.4) is 0 Å². The molecule has 0 saturated heterocycles. The number of carbonyl (C=O) groups excluding carboxylic acids is 1. The lowest BCUT2D eigenvalue weighted by atomic mass is 10.2. The summed E-state index contributed by atoms with van der Waals surface area (Å²) < 4.78 is 7.12. The molecule has 142 valence electrons. The minimum Gasteiger partial charge on any atom is -0.383 e. The largest absolute Gasteiger partial charge is 0.383 e. The first-order valence-electron chi connectivity index (χ1n) is 8.59. The maximum Gasteiger partial charge on any atom is 0.230 e. The van der Waals surface area contributed by atoms with Crippen molar-refractivity contribution in [2.75, 3.05) is 19.5 Å². The number of ether oxygens (including phenoxy) is 1. The van der Waals surface area contributed by atoms with Gasteiger partial charge in [-0.05, 0) is 23.9 Å². The first kappa shape index (κ1) is 19.6. The number of nitrogens with zero attached hydrogens (tertiary/aromatic N) is 3. The summed E-state index contributed by atoms with van der Waals surface area (Å²) in [7, 11) is 1.62. The van der Waals surface area contributed by atoms with Crippen LogP contribution in [0.4, 0.5) is 0 Å². The predicted molar refractivity (Wildman–Crippen MR) is 109 cm³/mol. The summed E-state index contributed by atoms with van der Waals surface area (Å²) in [4.78, 5) is 13.2. The summed E-state index contributed by atoms with van der Waals surface area (Å²) in [6, 6.07) is 14.2. The Labute approximate surface area is 167 Å². The Morgan fingerprint density at radius 3 is 2.78 bits per heavy atom. The van der Waals surface area contributed by atoms with Gasteiger partial charge in [0.05, 0.1) is 23.8 Å². The minimum absolute atomic E-state index is 0.0213. The Morgan fingerprint density at radius 2 is 2.07 bits per heavy atom. The zero-order valence-electron chi connectivity index (χ0n) is 15.3. The summed E-state index contributed by atoms with van der Waals surface area (Å²) in [5.74, 6) is 1.06. The van der Waals surface area contributed by atoms with Gasteiger partial charge in [-0.25, -0.2) is 0 Å². The first-order valence-corrected chi connectivity index (χ1v) is 10.5. The predicted octanol–water partition coefficient (Wildman–Crippen LogP) is 3.30. The van der Waals surface area contributed by atoms with Gasteiger partial charge >= 0.3 is 0 Å². The van der Waals surface area contributed by atoms with Gasteiger partial charge in [-0.3, -0.25) is 9.36 Å². The zero-order valence-corrected chi connectivity index (χ0v) is 16.9. The lowest BCUT2D eigenvalue weighted by molar-refractivity contribution is -0.119. The van der Waals surface area contributed by atoms with E-state index in [2.05, 4.69) is 32.2 Å². The second-order valence-corrected chi connectivity index (χ2v) is 7.96. The van der Waals surface area contributed by atoms with Gasteiger partial charge in [-0.1, -0.05) is 48.2 Å². The van der Waals surface area contributed by atoms with Crippen LogP contribution >= 0.6 is 23.1 Å². The maximum absolute atomic E-state index is 12.2. The number of methoxy groups -OCH3 is 1. The van der Waals surface area contributed by atoms with Gasteiger partial charge < -0.3 is 10.1 Å². The summed E-state index contributed by atoms with van der Waals surface area (Å²) in [5, 5.41) is 14.4. The lowest BCUT2D eigenvalue weighted by Crippen LogP contribution is -2.36. The molecule has 1 N–H and O–H groups in total. The zero-order chi connectivity index (χ0) is 19.1. The highest BCUT2D eigenvalue weighted by atomic mass is 32.2. The Morgan fingerprint density at radius 1 is 1.26 bits per heavy atom. The molecule has 0 bridgehead atoms. The molecular formula is C19H22N4O2S2. The highest BCUT2D eigenvalue weighted by molar-refractivity contribution is 7.99. The van der Waals surface area contributed by atoms with Crippen LogP contribution in [0, 0.1) is 0 Å². The summed E-state index contributed by atoms with van der Waals surface area (Å²) >= 11 is 3.02. The molecule has 1 atom stereocenters. The van der Waals surface area contributed by atoms with E-state index < -0.39 is 0 Å². The molecule has 3 aromatic rings. The van der Waals surface area contributed by atoms with Crippen molar-refractivity contribution < 1.29 is 9.53 Å². The van der Waals surface area contributed by atoms with E-state index in [0.29, 0.717) is 13.2 Å². The number of aromatic nitrogens is 3. The van der Waals surface area contributed by atoms with Gasteiger partial charge in [0.25, 0.3) is 0 Å². The van der Waals surface area contributed by atoms with Crippen molar-refractivity contribution in [3.63, 3.8) is 0 Å². The van der Waals surface area contributed by atoms with Crippen LogP contribution in [0.1, 0.15) is 12.5 Å². The Bertz CT molecular complexity index is 850. The number of rotatable bonds is 9. The van der Waals surface area contributed by atoms with Gasteiger partial charge in [0.2, 0.25) is 5.91 Å². The van der Waals surface area contributed by atoms with Crippen molar-refractivity contribution in [2.24, 2.45) is 0 Å². The molecule has 0 radical (unpaired) electrons. The molecule has 0 spiro atoms.